The van der Waals surface area contributed by atoms with Crippen LogP contribution < -0.4 is 16.0 Å². The van der Waals surface area contributed by atoms with Gasteiger partial charge in [0.1, 0.15) is 6.20 Å². The third-order valence-electron chi connectivity index (χ3n) is 4.06. The SMILES string of the molecule is Cc1ccc(C(=O)NC2CCN(c3ncc([N+](=O)[O-])c(N)n3)CC2)s1. The normalized spacial score (nSPS) is 15.2. The number of aryl methyl sites for hydroxylation is 1. The van der Waals surface area contributed by atoms with Crippen molar-refractivity contribution in [1.82, 2.24) is 15.3 Å². The lowest BCUT2D eigenvalue weighted by Crippen LogP contribution is -2.45. The highest BCUT2D eigenvalue weighted by Gasteiger charge is 2.24. The van der Waals surface area contributed by atoms with Crippen molar-refractivity contribution in [1.29, 1.82) is 0 Å². The molecule has 0 spiro atoms. The molecule has 1 aliphatic rings. The number of nitrogen functional groups attached to an aromatic ring is 1. The van der Waals surface area contributed by atoms with Crippen LogP contribution in [0.2, 0.25) is 0 Å². The largest absolute Gasteiger partial charge is 0.378 e. The number of amides is 1. The molecule has 25 heavy (non-hydrogen) atoms. The van der Waals surface area contributed by atoms with Crippen LogP contribution in [0.3, 0.4) is 0 Å². The van der Waals surface area contributed by atoms with Crippen LogP contribution in [-0.2, 0) is 0 Å². The number of aromatic nitrogens is 2. The number of nitrogens with zero attached hydrogens (tertiary/aromatic N) is 4. The number of thiophene rings is 1. The fourth-order valence-corrected chi connectivity index (χ4v) is 3.48. The molecule has 0 saturated carbocycles. The molecule has 0 aromatic carbocycles. The van der Waals surface area contributed by atoms with Crippen LogP contribution in [0, 0.1) is 17.0 Å². The summed E-state index contributed by atoms with van der Waals surface area (Å²) in [5, 5.41) is 13.8. The predicted molar refractivity (Wildman–Crippen MR) is 94.9 cm³/mol. The number of nitrogens with two attached hydrogens (primary N) is 1. The van der Waals surface area contributed by atoms with E-state index in [-0.39, 0.29) is 23.5 Å². The van der Waals surface area contributed by atoms with Crippen molar-refractivity contribution in [2.45, 2.75) is 25.8 Å². The highest BCUT2D eigenvalue weighted by molar-refractivity contribution is 7.13. The Bertz CT molecular complexity index is 800. The van der Waals surface area contributed by atoms with Gasteiger partial charge in [0, 0.05) is 24.0 Å². The van der Waals surface area contributed by atoms with Crippen molar-refractivity contribution in [2.24, 2.45) is 0 Å². The second-order valence-electron chi connectivity index (χ2n) is 5.84. The number of nitro groups is 1. The highest BCUT2D eigenvalue weighted by Crippen LogP contribution is 2.23. The minimum atomic E-state index is -0.604. The van der Waals surface area contributed by atoms with Crippen molar-refractivity contribution in [3.8, 4) is 0 Å². The van der Waals surface area contributed by atoms with Gasteiger partial charge < -0.3 is 16.0 Å². The summed E-state index contributed by atoms with van der Waals surface area (Å²) in [6.45, 7) is 3.26. The van der Waals surface area contributed by atoms with Crippen LogP contribution >= 0.6 is 11.3 Å². The number of carbonyl (C=O) groups is 1. The molecule has 0 unspecified atom stereocenters. The Kier molecular flexibility index (Phi) is 4.79. The summed E-state index contributed by atoms with van der Waals surface area (Å²) >= 11 is 1.48. The zero-order chi connectivity index (χ0) is 18.0. The van der Waals surface area contributed by atoms with Crippen molar-refractivity contribution in [2.75, 3.05) is 23.7 Å². The maximum Gasteiger partial charge on any atom is 0.329 e. The van der Waals surface area contributed by atoms with Gasteiger partial charge in [0.05, 0.1) is 9.80 Å². The Labute approximate surface area is 148 Å². The number of rotatable bonds is 4. The van der Waals surface area contributed by atoms with E-state index in [0.29, 0.717) is 23.9 Å². The number of piperidine rings is 1. The summed E-state index contributed by atoms with van der Waals surface area (Å²) in [7, 11) is 0. The molecule has 10 heteroatoms. The average Bonchev–Trinajstić information content (AvgIpc) is 3.02. The molecule has 1 saturated heterocycles. The van der Waals surface area contributed by atoms with Gasteiger partial charge in [-0.1, -0.05) is 0 Å². The van der Waals surface area contributed by atoms with Gasteiger partial charge in [-0.25, -0.2) is 4.98 Å². The van der Waals surface area contributed by atoms with Gasteiger partial charge in [0.15, 0.2) is 0 Å². The fraction of sp³-hybridized carbons (Fsp3) is 0.400. The van der Waals surface area contributed by atoms with Crippen molar-refractivity contribution in [3.05, 3.63) is 38.2 Å². The molecule has 1 amide bonds. The van der Waals surface area contributed by atoms with Crippen LogP contribution in [-0.4, -0.2) is 39.9 Å². The molecule has 0 bridgehead atoms. The first-order valence-electron chi connectivity index (χ1n) is 7.83. The summed E-state index contributed by atoms with van der Waals surface area (Å²) < 4.78 is 0. The monoisotopic (exact) mass is 362 g/mol. The van der Waals surface area contributed by atoms with E-state index >= 15 is 0 Å². The lowest BCUT2D eigenvalue weighted by Gasteiger charge is -2.32. The summed E-state index contributed by atoms with van der Waals surface area (Å²) in [5.74, 6) is 0.188. The first-order valence-corrected chi connectivity index (χ1v) is 8.65. The average molecular weight is 362 g/mol. The smallest absolute Gasteiger partial charge is 0.329 e. The van der Waals surface area contributed by atoms with Gasteiger partial charge >= 0.3 is 5.69 Å². The zero-order valence-corrected chi connectivity index (χ0v) is 14.5. The molecule has 0 atom stereocenters. The van der Waals surface area contributed by atoms with Gasteiger partial charge in [-0.2, -0.15) is 4.98 Å². The molecule has 1 aliphatic heterocycles. The van der Waals surface area contributed by atoms with E-state index in [0.717, 1.165) is 23.9 Å². The Morgan fingerprint density at radius 1 is 1.44 bits per heavy atom. The zero-order valence-electron chi connectivity index (χ0n) is 13.6. The Morgan fingerprint density at radius 3 is 2.72 bits per heavy atom. The Balaban J connectivity index is 1.57. The van der Waals surface area contributed by atoms with Gasteiger partial charge in [-0.05, 0) is 31.9 Å². The second kappa shape index (κ2) is 7.01. The van der Waals surface area contributed by atoms with Crippen molar-refractivity contribution >= 4 is 34.7 Å². The third kappa shape index (κ3) is 3.85. The molecular formula is C15H18N6O3S. The molecule has 3 rings (SSSR count). The van der Waals surface area contributed by atoms with Crippen LogP contribution in [0.15, 0.2) is 18.3 Å². The van der Waals surface area contributed by atoms with Crippen molar-refractivity contribution < 1.29 is 9.72 Å². The van der Waals surface area contributed by atoms with E-state index in [2.05, 4.69) is 15.3 Å². The first kappa shape index (κ1) is 17.1. The minimum absolute atomic E-state index is 0.0487. The maximum absolute atomic E-state index is 12.2. The van der Waals surface area contributed by atoms with E-state index in [1.54, 1.807) is 0 Å². The Hall–Kier alpha value is -2.75. The second-order valence-corrected chi connectivity index (χ2v) is 7.13. The van der Waals surface area contributed by atoms with Gasteiger partial charge in [-0.3, -0.25) is 14.9 Å². The molecule has 1 fully saturated rings. The topological polar surface area (TPSA) is 127 Å². The Morgan fingerprint density at radius 2 is 2.16 bits per heavy atom. The summed E-state index contributed by atoms with van der Waals surface area (Å²) in [4.78, 5) is 34.1. The summed E-state index contributed by atoms with van der Waals surface area (Å²) in [5.41, 5.74) is 5.32. The van der Waals surface area contributed by atoms with Crippen LogP contribution in [0.1, 0.15) is 27.4 Å². The molecule has 0 radical (unpaired) electrons. The molecule has 3 heterocycles. The van der Waals surface area contributed by atoms with Gasteiger partial charge in [0.2, 0.25) is 11.8 Å². The number of nitrogens with one attached hydrogen (secondary N) is 1. The number of anilines is 2. The predicted octanol–water partition coefficient (Wildman–Crippen LogP) is 1.74. The maximum atomic E-state index is 12.2. The molecule has 0 aliphatic carbocycles. The summed E-state index contributed by atoms with van der Waals surface area (Å²) in [6.07, 6.45) is 2.62. The molecule has 2 aromatic heterocycles. The number of hydrogen-bond donors (Lipinski definition) is 2. The lowest BCUT2D eigenvalue weighted by atomic mass is 10.1. The third-order valence-corrected chi connectivity index (χ3v) is 5.06. The van der Waals surface area contributed by atoms with E-state index in [9.17, 15) is 14.9 Å². The van der Waals surface area contributed by atoms with Crippen molar-refractivity contribution in [3.63, 3.8) is 0 Å². The molecule has 2 aromatic rings. The minimum Gasteiger partial charge on any atom is -0.378 e. The van der Waals surface area contributed by atoms with E-state index < -0.39 is 4.92 Å². The first-order chi connectivity index (χ1) is 11.9. The van der Waals surface area contributed by atoms with Gasteiger partial charge in [-0.15, -0.1) is 11.3 Å². The number of carbonyl (C=O) groups excluding carboxylic acids is 1. The quantitative estimate of drug-likeness (QED) is 0.626. The van der Waals surface area contributed by atoms with Crippen LogP contribution in [0.25, 0.3) is 0 Å². The van der Waals surface area contributed by atoms with E-state index in [4.69, 9.17) is 5.73 Å². The van der Waals surface area contributed by atoms with Crippen LogP contribution in [0.4, 0.5) is 17.5 Å². The fourth-order valence-electron chi connectivity index (χ4n) is 2.71. The highest BCUT2D eigenvalue weighted by atomic mass is 32.1. The van der Waals surface area contributed by atoms with E-state index in [1.807, 2.05) is 24.0 Å². The molecule has 9 nitrogen and oxygen atoms in total. The number of hydrogen-bond acceptors (Lipinski definition) is 8. The summed E-state index contributed by atoms with van der Waals surface area (Å²) in [6, 6.07) is 3.85. The molecule has 3 N–H and O–H groups in total. The lowest BCUT2D eigenvalue weighted by molar-refractivity contribution is -0.384. The molecule has 132 valence electrons. The van der Waals surface area contributed by atoms with Gasteiger partial charge in [0.25, 0.3) is 5.91 Å². The molecular weight excluding hydrogens is 344 g/mol. The van der Waals surface area contributed by atoms with E-state index in [1.165, 1.54) is 11.3 Å². The van der Waals surface area contributed by atoms with Crippen LogP contribution in [0.5, 0.6) is 0 Å². The standard InChI is InChI=1S/C15H18N6O3S/c1-9-2-3-12(25-9)14(22)18-10-4-6-20(7-5-10)15-17-8-11(21(23)24)13(16)19-15/h2-3,8,10H,4-7H2,1H3,(H,18,22)(H2,16,17,19).